The van der Waals surface area contributed by atoms with Crippen molar-refractivity contribution in [2.24, 2.45) is 0 Å². The highest BCUT2D eigenvalue weighted by Crippen LogP contribution is 2.27. The van der Waals surface area contributed by atoms with E-state index in [1.807, 2.05) is 44.2 Å². The van der Waals surface area contributed by atoms with Crippen molar-refractivity contribution in [1.29, 1.82) is 0 Å². The zero-order valence-electron chi connectivity index (χ0n) is 13.9. The molecule has 0 bridgehead atoms. The molecule has 0 atom stereocenters. The van der Waals surface area contributed by atoms with Crippen molar-refractivity contribution >= 4 is 17.5 Å². The van der Waals surface area contributed by atoms with Crippen LogP contribution in [0.4, 0.5) is 17.5 Å². The number of para-hydroxylation sites is 2. The second-order valence-electron chi connectivity index (χ2n) is 6.15. The number of hydrogen-bond donors (Lipinski definition) is 2. The van der Waals surface area contributed by atoms with Crippen LogP contribution in [0.2, 0.25) is 0 Å². The average molecular weight is 300 g/mol. The smallest absolute Gasteiger partial charge is 0.225 e. The second-order valence-corrected chi connectivity index (χ2v) is 6.15. The van der Waals surface area contributed by atoms with Gasteiger partial charge in [-0.2, -0.15) is 4.98 Å². The molecule has 2 N–H and O–H groups in total. The fourth-order valence-electron chi connectivity index (χ4n) is 2.01. The van der Waals surface area contributed by atoms with Gasteiger partial charge in [-0.1, -0.05) is 12.1 Å². The van der Waals surface area contributed by atoms with E-state index in [-0.39, 0.29) is 5.54 Å². The van der Waals surface area contributed by atoms with Gasteiger partial charge in [0.1, 0.15) is 11.6 Å². The van der Waals surface area contributed by atoms with E-state index in [1.165, 1.54) is 0 Å². The van der Waals surface area contributed by atoms with E-state index in [9.17, 15) is 0 Å². The highest BCUT2D eigenvalue weighted by Gasteiger charge is 2.13. The van der Waals surface area contributed by atoms with E-state index in [2.05, 4.69) is 41.4 Å². The van der Waals surface area contributed by atoms with Crippen molar-refractivity contribution in [3.8, 4) is 5.75 Å². The van der Waals surface area contributed by atoms with Gasteiger partial charge in [0.15, 0.2) is 0 Å². The monoisotopic (exact) mass is 300 g/mol. The number of aromatic nitrogens is 2. The highest BCUT2D eigenvalue weighted by molar-refractivity contribution is 5.64. The number of rotatable bonds is 5. The van der Waals surface area contributed by atoms with Gasteiger partial charge in [0.25, 0.3) is 0 Å². The maximum atomic E-state index is 5.63. The molecule has 0 saturated carbocycles. The molecule has 0 aliphatic carbocycles. The molecule has 1 aromatic carbocycles. The molecule has 1 heterocycles. The van der Waals surface area contributed by atoms with Crippen LogP contribution in [0, 0.1) is 6.92 Å². The summed E-state index contributed by atoms with van der Waals surface area (Å²) in [5.74, 6) is 2.17. The molecule has 22 heavy (non-hydrogen) atoms. The predicted octanol–water partition coefficient (Wildman–Crippen LogP) is 4.14. The maximum absolute atomic E-state index is 5.63. The molecule has 0 spiro atoms. The van der Waals surface area contributed by atoms with Crippen LogP contribution in [-0.4, -0.2) is 22.1 Å². The van der Waals surface area contributed by atoms with Crippen molar-refractivity contribution in [2.45, 2.75) is 40.2 Å². The number of ether oxygens (including phenoxy) is 1. The summed E-state index contributed by atoms with van der Waals surface area (Å²) >= 11 is 0. The van der Waals surface area contributed by atoms with Gasteiger partial charge < -0.3 is 15.4 Å². The largest absolute Gasteiger partial charge is 0.492 e. The van der Waals surface area contributed by atoms with Crippen LogP contribution in [-0.2, 0) is 0 Å². The number of aryl methyl sites for hydroxylation is 1. The van der Waals surface area contributed by atoms with E-state index < -0.39 is 0 Å². The minimum atomic E-state index is -0.0890. The molecular weight excluding hydrogens is 276 g/mol. The molecule has 0 amide bonds. The molecule has 2 aromatic rings. The van der Waals surface area contributed by atoms with E-state index in [0.717, 1.165) is 22.9 Å². The maximum Gasteiger partial charge on any atom is 0.225 e. The van der Waals surface area contributed by atoms with Crippen molar-refractivity contribution in [3.63, 3.8) is 0 Å². The lowest BCUT2D eigenvalue weighted by Gasteiger charge is -2.21. The Morgan fingerprint density at radius 3 is 2.55 bits per heavy atom. The van der Waals surface area contributed by atoms with Crippen LogP contribution < -0.4 is 15.4 Å². The first-order valence-electron chi connectivity index (χ1n) is 7.50. The minimum absolute atomic E-state index is 0.0890. The van der Waals surface area contributed by atoms with Gasteiger partial charge in [0.2, 0.25) is 5.95 Å². The molecule has 0 aliphatic rings. The molecule has 0 unspecified atom stereocenters. The standard InChI is InChI=1S/C17H24N4O/c1-6-22-14-10-8-7-9-13(14)19-15-11-12(2)18-16(20-15)21-17(3,4)5/h7-11H,6H2,1-5H3,(H2,18,19,20,21). The van der Waals surface area contributed by atoms with E-state index in [0.29, 0.717) is 12.6 Å². The first-order chi connectivity index (χ1) is 10.4. The van der Waals surface area contributed by atoms with Gasteiger partial charge >= 0.3 is 0 Å². The molecule has 5 heteroatoms. The Bertz CT molecular complexity index is 635. The normalized spacial score (nSPS) is 11.1. The van der Waals surface area contributed by atoms with E-state index in [1.54, 1.807) is 0 Å². The van der Waals surface area contributed by atoms with Gasteiger partial charge in [-0.05, 0) is 46.8 Å². The topological polar surface area (TPSA) is 59.1 Å². The predicted molar refractivity (Wildman–Crippen MR) is 91.0 cm³/mol. The summed E-state index contributed by atoms with van der Waals surface area (Å²) in [6.07, 6.45) is 0. The number of benzene rings is 1. The summed E-state index contributed by atoms with van der Waals surface area (Å²) in [5, 5.41) is 6.60. The Hall–Kier alpha value is -2.30. The fraction of sp³-hybridized carbons (Fsp3) is 0.412. The molecule has 2 rings (SSSR count). The Balaban J connectivity index is 2.26. The number of anilines is 3. The van der Waals surface area contributed by atoms with Crippen LogP contribution in [0.1, 0.15) is 33.4 Å². The minimum Gasteiger partial charge on any atom is -0.492 e. The second kappa shape index (κ2) is 6.64. The van der Waals surface area contributed by atoms with E-state index >= 15 is 0 Å². The third-order valence-corrected chi connectivity index (χ3v) is 2.79. The summed E-state index contributed by atoms with van der Waals surface area (Å²) in [6.45, 7) is 10.8. The Morgan fingerprint density at radius 1 is 1.14 bits per heavy atom. The van der Waals surface area contributed by atoms with Crippen LogP contribution in [0.15, 0.2) is 30.3 Å². The summed E-state index contributed by atoms with van der Waals surface area (Å²) in [5.41, 5.74) is 1.70. The van der Waals surface area contributed by atoms with Gasteiger partial charge in [-0.15, -0.1) is 0 Å². The summed E-state index contributed by atoms with van der Waals surface area (Å²) in [7, 11) is 0. The first-order valence-corrected chi connectivity index (χ1v) is 7.50. The van der Waals surface area contributed by atoms with Crippen molar-refractivity contribution in [1.82, 2.24) is 9.97 Å². The summed E-state index contributed by atoms with van der Waals surface area (Å²) in [6, 6.07) is 9.74. The lowest BCUT2D eigenvalue weighted by atomic mass is 10.1. The average Bonchev–Trinajstić information content (AvgIpc) is 2.38. The Labute approximate surface area is 132 Å². The zero-order valence-corrected chi connectivity index (χ0v) is 13.9. The number of hydrogen-bond acceptors (Lipinski definition) is 5. The third-order valence-electron chi connectivity index (χ3n) is 2.79. The summed E-state index contributed by atoms with van der Waals surface area (Å²) < 4.78 is 5.63. The molecular formula is C17H24N4O. The Kier molecular flexibility index (Phi) is 4.85. The van der Waals surface area contributed by atoms with Crippen LogP contribution in [0.5, 0.6) is 5.75 Å². The van der Waals surface area contributed by atoms with Gasteiger partial charge in [-0.3, -0.25) is 0 Å². The molecule has 0 aliphatic heterocycles. The van der Waals surface area contributed by atoms with Crippen molar-refractivity contribution in [3.05, 3.63) is 36.0 Å². The first kappa shape index (κ1) is 16.1. The third kappa shape index (κ3) is 4.62. The highest BCUT2D eigenvalue weighted by atomic mass is 16.5. The number of nitrogens with zero attached hydrogens (tertiary/aromatic N) is 2. The lowest BCUT2D eigenvalue weighted by molar-refractivity contribution is 0.342. The molecule has 0 saturated heterocycles. The van der Waals surface area contributed by atoms with E-state index in [4.69, 9.17) is 4.74 Å². The van der Waals surface area contributed by atoms with Crippen LogP contribution in [0.3, 0.4) is 0 Å². The van der Waals surface area contributed by atoms with Crippen LogP contribution >= 0.6 is 0 Å². The zero-order chi connectivity index (χ0) is 16.2. The SMILES string of the molecule is CCOc1ccccc1Nc1cc(C)nc(NC(C)(C)C)n1. The Morgan fingerprint density at radius 2 is 1.86 bits per heavy atom. The van der Waals surface area contributed by atoms with Crippen molar-refractivity contribution < 1.29 is 4.74 Å². The van der Waals surface area contributed by atoms with Gasteiger partial charge in [-0.25, -0.2) is 4.98 Å². The molecule has 5 nitrogen and oxygen atoms in total. The lowest BCUT2D eigenvalue weighted by Crippen LogP contribution is -2.27. The van der Waals surface area contributed by atoms with Gasteiger partial charge in [0.05, 0.1) is 12.3 Å². The van der Waals surface area contributed by atoms with Crippen molar-refractivity contribution in [2.75, 3.05) is 17.2 Å². The quantitative estimate of drug-likeness (QED) is 0.869. The molecule has 118 valence electrons. The fourth-order valence-corrected chi connectivity index (χ4v) is 2.01. The molecule has 0 radical (unpaired) electrons. The van der Waals surface area contributed by atoms with Crippen LogP contribution in [0.25, 0.3) is 0 Å². The van der Waals surface area contributed by atoms with Gasteiger partial charge in [0, 0.05) is 17.3 Å². The number of nitrogens with one attached hydrogen (secondary N) is 2. The molecule has 0 fully saturated rings. The summed E-state index contributed by atoms with van der Waals surface area (Å²) in [4.78, 5) is 8.95. The molecule has 1 aromatic heterocycles.